The minimum atomic E-state index is -1.26. The molecule has 0 spiro atoms. The highest BCUT2D eigenvalue weighted by Crippen LogP contribution is 2.43. The van der Waals surface area contributed by atoms with Crippen LogP contribution in [0.4, 0.5) is 0 Å². The fourth-order valence-corrected chi connectivity index (χ4v) is 5.88. The molecule has 1 aromatic heterocycles. The van der Waals surface area contributed by atoms with Crippen LogP contribution in [0.1, 0.15) is 64.1 Å². The van der Waals surface area contributed by atoms with Crippen molar-refractivity contribution in [2.24, 2.45) is 5.92 Å². The van der Waals surface area contributed by atoms with Gasteiger partial charge in [0.05, 0.1) is 0 Å². The van der Waals surface area contributed by atoms with Gasteiger partial charge in [-0.2, -0.15) is 0 Å². The summed E-state index contributed by atoms with van der Waals surface area (Å²) in [6.45, 7) is 6.31. The van der Waals surface area contributed by atoms with Gasteiger partial charge >= 0.3 is 0 Å². The van der Waals surface area contributed by atoms with E-state index in [1.165, 1.54) is 32.1 Å². The summed E-state index contributed by atoms with van der Waals surface area (Å²) in [5.41, 5.74) is 1.42. The highest BCUT2D eigenvalue weighted by Gasteiger charge is 2.58. The molecule has 2 fully saturated rings. The van der Waals surface area contributed by atoms with E-state index in [-0.39, 0.29) is 11.6 Å². The lowest BCUT2D eigenvalue weighted by Crippen LogP contribution is -2.60. The number of Topliss-reactive ketones (excluding diaryl/α,β-unsaturated/α-hetero) is 2. The average Bonchev–Trinajstić information content (AvgIpc) is 3.03. The molecule has 0 radical (unpaired) electrons. The van der Waals surface area contributed by atoms with Crippen molar-refractivity contribution >= 4 is 11.6 Å². The fourth-order valence-electron chi connectivity index (χ4n) is 5.88. The molecule has 2 aliphatic carbocycles. The molecule has 0 atom stereocenters. The number of carbonyl (C=O) groups is 2. The Kier molecular flexibility index (Phi) is 5.49. The molecule has 31 heavy (non-hydrogen) atoms. The zero-order valence-electron chi connectivity index (χ0n) is 18.3. The number of aromatic nitrogens is 1. The topological polar surface area (TPSA) is 53.5 Å². The number of pyridine rings is 1. The average molecular weight is 418 g/mol. The summed E-state index contributed by atoms with van der Waals surface area (Å²) < 4.78 is 0. The Balaban J connectivity index is 1.45. The number of nitrogens with zero attached hydrogens (tertiary/aromatic N) is 3. The van der Waals surface area contributed by atoms with Gasteiger partial charge in [0.2, 0.25) is 0 Å². The summed E-state index contributed by atoms with van der Waals surface area (Å²) in [6.07, 6.45) is 8.49. The van der Waals surface area contributed by atoms with Crippen LogP contribution in [0.5, 0.6) is 0 Å². The van der Waals surface area contributed by atoms with Crippen LogP contribution in [0, 0.1) is 12.8 Å². The minimum absolute atomic E-state index is 0.0839. The molecule has 1 saturated heterocycles. The second kappa shape index (κ2) is 8.29. The van der Waals surface area contributed by atoms with Gasteiger partial charge in [0, 0.05) is 55.7 Å². The summed E-state index contributed by atoms with van der Waals surface area (Å²) in [4.78, 5) is 36.7. The van der Waals surface area contributed by atoms with Gasteiger partial charge in [0.15, 0.2) is 17.1 Å². The van der Waals surface area contributed by atoms with E-state index in [1.807, 2.05) is 31.2 Å². The van der Waals surface area contributed by atoms with Crippen LogP contribution >= 0.6 is 0 Å². The van der Waals surface area contributed by atoms with Gasteiger partial charge in [-0.15, -0.1) is 0 Å². The normalized spacial score (nSPS) is 22.6. The Hall–Kier alpha value is -2.37. The van der Waals surface area contributed by atoms with Crippen LogP contribution in [-0.4, -0.2) is 59.1 Å². The number of fused-ring (bicyclic) bond motifs is 1. The summed E-state index contributed by atoms with van der Waals surface area (Å²) in [5.74, 6) is 0.634. The van der Waals surface area contributed by atoms with Crippen molar-refractivity contribution in [3.8, 4) is 0 Å². The lowest BCUT2D eigenvalue weighted by atomic mass is 9.82. The predicted octanol–water partition coefficient (Wildman–Crippen LogP) is 3.86. The molecule has 5 nitrogen and oxygen atoms in total. The zero-order chi connectivity index (χ0) is 21.4. The number of benzene rings is 1. The smallest absolute Gasteiger partial charge is 0.196 e. The summed E-state index contributed by atoms with van der Waals surface area (Å²) >= 11 is 0. The standard InChI is InChI=1S/C26H31N3O2/c1-19-17-21(11-12-27-19)26(24(30)22-9-5-6-10-23(22)25(26)31)29-15-13-28(14-16-29)18-20-7-3-2-4-8-20/h5-6,9-12,17,20H,2-4,7-8,13-16,18H2,1H3. The van der Waals surface area contributed by atoms with E-state index < -0.39 is 5.54 Å². The van der Waals surface area contributed by atoms with Crippen LogP contribution in [0.3, 0.4) is 0 Å². The van der Waals surface area contributed by atoms with Crippen molar-refractivity contribution < 1.29 is 9.59 Å². The van der Waals surface area contributed by atoms with Crippen molar-refractivity contribution in [3.05, 3.63) is 65.0 Å². The number of ketones is 2. The van der Waals surface area contributed by atoms with E-state index in [9.17, 15) is 9.59 Å². The first-order valence-corrected chi connectivity index (χ1v) is 11.7. The fraction of sp³-hybridized carbons (Fsp3) is 0.500. The van der Waals surface area contributed by atoms with Crippen LogP contribution in [-0.2, 0) is 5.54 Å². The maximum absolute atomic E-state index is 13.8. The predicted molar refractivity (Wildman–Crippen MR) is 120 cm³/mol. The molecule has 1 aliphatic heterocycles. The number of hydrogen-bond acceptors (Lipinski definition) is 5. The Labute approximate surface area is 184 Å². The molecule has 1 aromatic carbocycles. The molecule has 0 amide bonds. The zero-order valence-corrected chi connectivity index (χ0v) is 18.3. The van der Waals surface area contributed by atoms with Gasteiger partial charge in [-0.1, -0.05) is 43.5 Å². The third kappa shape index (κ3) is 3.44. The number of hydrogen-bond donors (Lipinski definition) is 0. The third-order valence-electron chi connectivity index (χ3n) is 7.48. The first-order chi connectivity index (χ1) is 15.1. The van der Waals surface area contributed by atoms with Crippen molar-refractivity contribution in [1.82, 2.24) is 14.8 Å². The Bertz CT molecular complexity index is 953. The van der Waals surface area contributed by atoms with Gasteiger partial charge in [-0.05, 0) is 43.4 Å². The van der Waals surface area contributed by atoms with Crippen molar-refractivity contribution in [1.29, 1.82) is 0 Å². The molecule has 2 aromatic rings. The number of carbonyl (C=O) groups excluding carboxylic acids is 2. The number of piperazine rings is 1. The maximum atomic E-state index is 13.8. The lowest BCUT2D eigenvalue weighted by Gasteiger charge is -2.44. The van der Waals surface area contributed by atoms with E-state index >= 15 is 0 Å². The Morgan fingerprint density at radius 3 is 2.19 bits per heavy atom. The van der Waals surface area contributed by atoms with Crippen LogP contribution < -0.4 is 0 Å². The van der Waals surface area contributed by atoms with E-state index in [0.29, 0.717) is 11.1 Å². The highest BCUT2D eigenvalue weighted by molar-refractivity contribution is 6.32. The first kappa shape index (κ1) is 20.5. The molecule has 1 saturated carbocycles. The Morgan fingerprint density at radius 2 is 1.58 bits per heavy atom. The molecule has 0 unspecified atom stereocenters. The molecular weight excluding hydrogens is 386 g/mol. The van der Waals surface area contributed by atoms with E-state index in [4.69, 9.17) is 0 Å². The highest BCUT2D eigenvalue weighted by atomic mass is 16.2. The van der Waals surface area contributed by atoms with Crippen LogP contribution in [0.25, 0.3) is 0 Å². The molecule has 5 heteroatoms. The molecule has 162 valence electrons. The minimum Gasteiger partial charge on any atom is -0.301 e. The monoisotopic (exact) mass is 417 g/mol. The summed E-state index contributed by atoms with van der Waals surface area (Å²) in [7, 11) is 0. The maximum Gasteiger partial charge on any atom is 0.196 e. The van der Waals surface area contributed by atoms with Crippen molar-refractivity contribution in [2.45, 2.75) is 44.6 Å². The first-order valence-electron chi connectivity index (χ1n) is 11.7. The van der Waals surface area contributed by atoms with Crippen LogP contribution in [0.2, 0.25) is 0 Å². The quantitative estimate of drug-likeness (QED) is 0.707. The molecule has 2 heterocycles. The molecule has 0 bridgehead atoms. The SMILES string of the molecule is Cc1cc(C2(N3CCN(CC4CCCCC4)CC3)C(=O)c3ccccc3C2=O)ccn1. The third-order valence-corrected chi connectivity index (χ3v) is 7.48. The molecule has 0 N–H and O–H groups in total. The summed E-state index contributed by atoms with van der Waals surface area (Å²) in [6, 6.07) is 11.1. The van der Waals surface area contributed by atoms with Gasteiger partial charge < -0.3 is 4.90 Å². The van der Waals surface area contributed by atoms with Gasteiger partial charge in [0.25, 0.3) is 0 Å². The van der Waals surface area contributed by atoms with E-state index in [1.54, 1.807) is 18.3 Å². The summed E-state index contributed by atoms with van der Waals surface area (Å²) in [5, 5.41) is 0. The number of rotatable bonds is 4. The second-order valence-corrected chi connectivity index (χ2v) is 9.39. The van der Waals surface area contributed by atoms with Crippen LogP contribution in [0.15, 0.2) is 42.6 Å². The lowest BCUT2D eigenvalue weighted by molar-refractivity contribution is 0.0256. The van der Waals surface area contributed by atoms with Gasteiger partial charge in [-0.3, -0.25) is 19.5 Å². The largest absolute Gasteiger partial charge is 0.301 e. The van der Waals surface area contributed by atoms with Gasteiger partial charge in [0.1, 0.15) is 0 Å². The van der Waals surface area contributed by atoms with Crippen molar-refractivity contribution in [3.63, 3.8) is 0 Å². The van der Waals surface area contributed by atoms with Crippen molar-refractivity contribution in [2.75, 3.05) is 32.7 Å². The van der Waals surface area contributed by atoms with Gasteiger partial charge in [-0.25, -0.2) is 0 Å². The second-order valence-electron chi connectivity index (χ2n) is 9.39. The molecule has 3 aliphatic rings. The van der Waals surface area contributed by atoms with E-state index in [2.05, 4.69) is 14.8 Å². The molecular formula is C26H31N3O2. The number of aryl methyl sites for hydroxylation is 1. The molecule has 5 rings (SSSR count). The van der Waals surface area contributed by atoms with E-state index in [0.717, 1.165) is 49.9 Å². The Morgan fingerprint density at radius 1 is 0.935 bits per heavy atom.